The van der Waals surface area contributed by atoms with E-state index >= 15 is 0 Å². The Morgan fingerprint density at radius 3 is 2.80 bits per heavy atom. The van der Waals surface area contributed by atoms with Gasteiger partial charge >= 0.3 is 0 Å². The summed E-state index contributed by atoms with van der Waals surface area (Å²) in [4.78, 5) is 14.8. The van der Waals surface area contributed by atoms with Crippen molar-refractivity contribution in [3.8, 4) is 5.88 Å². The number of fused-ring (bicyclic) bond motifs is 1. The van der Waals surface area contributed by atoms with E-state index in [1.807, 2.05) is 37.3 Å². The molecule has 0 atom stereocenters. The Labute approximate surface area is 160 Å². The molecule has 1 amide bonds. The summed E-state index contributed by atoms with van der Waals surface area (Å²) in [5.41, 5.74) is 2.81. The van der Waals surface area contributed by atoms with Crippen LogP contribution in [0.3, 0.4) is 0 Å². The highest BCUT2D eigenvalue weighted by atomic mass is 79.9. The summed E-state index contributed by atoms with van der Waals surface area (Å²) in [5.74, 6) is -0.580. The molecule has 0 fully saturated rings. The van der Waals surface area contributed by atoms with Gasteiger partial charge in [-0.05, 0) is 46.6 Å². The van der Waals surface area contributed by atoms with Crippen molar-refractivity contribution in [3.05, 3.63) is 50.9 Å². The van der Waals surface area contributed by atoms with Crippen molar-refractivity contribution < 1.29 is 9.90 Å². The molecule has 0 aliphatic carbocycles. The highest BCUT2D eigenvalue weighted by Crippen LogP contribution is 2.40. The van der Waals surface area contributed by atoms with Crippen LogP contribution in [0.1, 0.15) is 5.56 Å². The van der Waals surface area contributed by atoms with Crippen LogP contribution >= 0.6 is 31.9 Å². The Morgan fingerprint density at radius 1 is 1.28 bits per heavy atom. The molecular weight excluding hydrogens is 452 g/mol. The Bertz CT molecular complexity index is 982. The van der Waals surface area contributed by atoms with Crippen LogP contribution in [-0.4, -0.2) is 22.5 Å². The third-order valence-corrected chi connectivity index (χ3v) is 4.70. The number of benzene rings is 2. The average molecular weight is 466 g/mol. The smallest absolute Gasteiger partial charge is 0.283 e. The van der Waals surface area contributed by atoms with E-state index in [4.69, 9.17) is 0 Å². The lowest BCUT2D eigenvalue weighted by Crippen LogP contribution is -2.11. The third-order valence-electron chi connectivity index (χ3n) is 3.61. The molecule has 2 aromatic carbocycles. The largest absolute Gasteiger partial charge is 0.493 e. The fourth-order valence-corrected chi connectivity index (χ4v) is 3.70. The number of nitrogens with one attached hydrogen (secondary N) is 2. The van der Waals surface area contributed by atoms with Crippen LogP contribution < -0.4 is 5.32 Å². The summed E-state index contributed by atoms with van der Waals surface area (Å²) in [6.07, 6.45) is 0. The van der Waals surface area contributed by atoms with Crippen molar-refractivity contribution >= 4 is 60.0 Å². The van der Waals surface area contributed by atoms with Gasteiger partial charge in [-0.15, -0.1) is 10.2 Å². The predicted molar refractivity (Wildman–Crippen MR) is 105 cm³/mol. The first kappa shape index (κ1) is 17.6. The topological polar surface area (TPSA) is 89.8 Å². The highest BCUT2D eigenvalue weighted by molar-refractivity contribution is 9.11. The van der Waals surface area contributed by atoms with Crippen LogP contribution in [0.15, 0.2) is 55.6 Å². The number of rotatable bonds is 4. The predicted octanol–water partition coefficient (Wildman–Crippen LogP) is 5.43. The molecule has 0 saturated carbocycles. The summed E-state index contributed by atoms with van der Waals surface area (Å²) in [7, 11) is 0. The van der Waals surface area contributed by atoms with Crippen LogP contribution in [0, 0.1) is 6.92 Å². The summed E-state index contributed by atoms with van der Waals surface area (Å²) in [5, 5.41) is 21.3. The maximum absolute atomic E-state index is 12.0. The van der Waals surface area contributed by atoms with Gasteiger partial charge in [0.2, 0.25) is 5.88 Å². The second-order valence-corrected chi connectivity index (χ2v) is 7.16. The molecule has 3 rings (SSSR count). The monoisotopic (exact) mass is 464 g/mol. The van der Waals surface area contributed by atoms with Crippen molar-refractivity contribution in [2.24, 2.45) is 10.2 Å². The Morgan fingerprint density at radius 2 is 2.04 bits per heavy atom. The van der Waals surface area contributed by atoms with Gasteiger partial charge in [0, 0.05) is 20.0 Å². The number of H-pyrrole nitrogens is 1. The van der Waals surface area contributed by atoms with E-state index in [2.05, 4.69) is 52.4 Å². The normalized spacial score (nSPS) is 11.3. The molecule has 3 N–H and O–H groups in total. The second kappa shape index (κ2) is 7.37. The Hall–Kier alpha value is -2.19. The molecule has 0 spiro atoms. The van der Waals surface area contributed by atoms with Crippen molar-refractivity contribution in [2.75, 3.05) is 11.9 Å². The van der Waals surface area contributed by atoms with Crippen molar-refractivity contribution in [3.63, 3.8) is 0 Å². The first-order valence-corrected chi connectivity index (χ1v) is 8.98. The maximum Gasteiger partial charge on any atom is 0.283 e. The highest BCUT2D eigenvalue weighted by Gasteiger charge is 2.14. The number of nitrogens with zero attached hydrogens (tertiary/aromatic N) is 2. The van der Waals surface area contributed by atoms with Gasteiger partial charge in [-0.3, -0.25) is 4.79 Å². The van der Waals surface area contributed by atoms with Crippen LogP contribution in [0.4, 0.5) is 11.4 Å². The lowest BCUT2D eigenvalue weighted by Gasteiger charge is -2.06. The zero-order valence-electron chi connectivity index (χ0n) is 13.2. The van der Waals surface area contributed by atoms with Gasteiger partial charge in [0.1, 0.15) is 0 Å². The third kappa shape index (κ3) is 3.91. The van der Waals surface area contributed by atoms with Crippen molar-refractivity contribution in [1.29, 1.82) is 0 Å². The number of amides is 1. The van der Waals surface area contributed by atoms with Gasteiger partial charge < -0.3 is 15.4 Å². The van der Waals surface area contributed by atoms with E-state index in [1.54, 1.807) is 6.07 Å². The van der Waals surface area contributed by atoms with Crippen LogP contribution in [0.5, 0.6) is 5.88 Å². The summed E-state index contributed by atoms with van der Waals surface area (Å²) < 4.78 is 1.58. The molecule has 6 nitrogen and oxygen atoms in total. The minimum atomic E-state index is -0.439. The van der Waals surface area contributed by atoms with Gasteiger partial charge in [0.15, 0.2) is 5.69 Å². The fraction of sp³-hybridized carbons (Fsp3) is 0.118. The number of aromatic amines is 1. The van der Waals surface area contributed by atoms with Gasteiger partial charge in [-0.25, -0.2) is 0 Å². The molecule has 0 aliphatic heterocycles. The van der Waals surface area contributed by atoms with E-state index in [0.29, 0.717) is 10.9 Å². The molecule has 0 bridgehead atoms. The summed E-state index contributed by atoms with van der Waals surface area (Å²) in [6, 6.07) is 11.3. The minimum absolute atomic E-state index is 0.0187. The van der Waals surface area contributed by atoms with Gasteiger partial charge in [-0.2, -0.15) is 0 Å². The van der Waals surface area contributed by atoms with E-state index in [1.165, 1.54) is 0 Å². The zero-order valence-corrected chi connectivity index (χ0v) is 16.3. The number of aromatic nitrogens is 1. The number of hydrogen-bond acceptors (Lipinski definition) is 4. The van der Waals surface area contributed by atoms with Crippen molar-refractivity contribution in [2.45, 2.75) is 6.92 Å². The standard InChI is InChI=1S/C17H14Br2N4O2/c1-9-4-2-3-5-13(9)20-8-14(24)22-23-16-11-6-10(18)7-12(19)15(11)21-17(16)25/h2-7,20-21,25H,8H2,1H3. The van der Waals surface area contributed by atoms with Crippen LogP contribution in [-0.2, 0) is 4.79 Å². The molecule has 8 heteroatoms. The Kier molecular flexibility index (Phi) is 5.19. The molecule has 25 heavy (non-hydrogen) atoms. The van der Waals surface area contributed by atoms with E-state index in [0.717, 1.165) is 20.2 Å². The first-order valence-electron chi connectivity index (χ1n) is 7.39. The first-order chi connectivity index (χ1) is 12.0. The summed E-state index contributed by atoms with van der Waals surface area (Å²) in [6.45, 7) is 1.97. The second-order valence-electron chi connectivity index (χ2n) is 5.39. The van der Waals surface area contributed by atoms with Crippen molar-refractivity contribution in [1.82, 2.24) is 4.98 Å². The number of carbonyl (C=O) groups excluding carboxylic acids is 1. The lowest BCUT2D eigenvalue weighted by molar-refractivity contribution is -0.116. The van der Waals surface area contributed by atoms with Crippen LogP contribution in [0.2, 0.25) is 0 Å². The molecule has 0 radical (unpaired) electrons. The molecule has 0 saturated heterocycles. The van der Waals surface area contributed by atoms with Gasteiger partial charge in [-0.1, -0.05) is 34.1 Å². The lowest BCUT2D eigenvalue weighted by atomic mass is 10.2. The molecular formula is C17H14Br2N4O2. The molecule has 1 aromatic heterocycles. The van der Waals surface area contributed by atoms with Crippen LogP contribution in [0.25, 0.3) is 10.9 Å². The van der Waals surface area contributed by atoms with Gasteiger partial charge in [0.05, 0.1) is 12.1 Å². The molecule has 0 unspecified atom stereocenters. The molecule has 0 aliphatic rings. The number of anilines is 1. The summed E-state index contributed by atoms with van der Waals surface area (Å²) >= 11 is 6.80. The molecule has 128 valence electrons. The number of azo groups is 1. The Balaban J connectivity index is 1.78. The number of aryl methyl sites for hydroxylation is 1. The number of aromatic hydroxyl groups is 1. The van der Waals surface area contributed by atoms with Gasteiger partial charge in [0.25, 0.3) is 5.91 Å². The molecule has 3 aromatic rings. The van der Waals surface area contributed by atoms with E-state index in [-0.39, 0.29) is 18.1 Å². The zero-order chi connectivity index (χ0) is 18.0. The average Bonchev–Trinajstić information content (AvgIpc) is 2.88. The van der Waals surface area contributed by atoms with E-state index < -0.39 is 5.91 Å². The maximum atomic E-state index is 12.0. The quantitative estimate of drug-likeness (QED) is 0.448. The molecule has 1 heterocycles. The van der Waals surface area contributed by atoms with E-state index in [9.17, 15) is 9.90 Å². The number of halogens is 2. The number of hydrogen-bond donors (Lipinski definition) is 3. The minimum Gasteiger partial charge on any atom is -0.493 e. The number of para-hydroxylation sites is 1. The SMILES string of the molecule is Cc1ccccc1NCC(=O)N=Nc1c(O)[nH]c2c(Br)cc(Br)cc12. The fourth-order valence-electron chi connectivity index (χ4n) is 2.38. The number of carbonyl (C=O) groups is 1.